The monoisotopic (exact) mass is 339 g/mol. The minimum Gasteiger partial charge on any atom is -0.478 e. The van der Waals surface area contributed by atoms with Crippen LogP contribution in [-0.4, -0.2) is 43.1 Å². The highest BCUT2D eigenvalue weighted by Gasteiger charge is 2.31. The Balaban J connectivity index is 3.18. The standard InChI is InChI=1S/C13H16F3NO4S/c1-3-17(5-4-13(14,15)16)22(20,21)11-7-9(2)6-10(8-11)12(18)19/h6-8H,3-5H2,1-2H3,(H,18,19). The summed E-state index contributed by atoms with van der Waals surface area (Å²) in [5.41, 5.74) is 0.163. The molecule has 0 bridgehead atoms. The number of hydrogen-bond donors (Lipinski definition) is 1. The second-order valence-corrected chi connectivity index (χ2v) is 6.64. The average molecular weight is 339 g/mol. The van der Waals surface area contributed by atoms with Crippen LogP contribution in [0, 0.1) is 6.92 Å². The molecule has 0 aromatic heterocycles. The summed E-state index contributed by atoms with van der Waals surface area (Å²) in [6.07, 6.45) is -5.74. The fourth-order valence-corrected chi connectivity index (χ4v) is 3.45. The highest BCUT2D eigenvalue weighted by Crippen LogP contribution is 2.24. The van der Waals surface area contributed by atoms with Crippen molar-refractivity contribution in [2.75, 3.05) is 13.1 Å². The van der Waals surface area contributed by atoms with Crippen LogP contribution in [0.5, 0.6) is 0 Å². The van der Waals surface area contributed by atoms with E-state index in [9.17, 15) is 26.4 Å². The van der Waals surface area contributed by atoms with Gasteiger partial charge in [0.2, 0.25) is 10.0 Å². The van der Waals surface area contributed by atoms with E-state index in [0.29, 0.717) is 9.87 Å². The molecule has 0 spiro atoms. The molecule has 1 aromatic carbocycles. The quantitative estimate of drug-likeness (QED) is 0.865. The van der Waals surface area contributed by atoms with E-state index in [1.165, 1.54) is 26.0 Å². The van der Waals surface area contributed by atoms with Crippen molar-refractivity contribution in [1.82, 2.24) is 4.31 Å². The molecule has 0 aliphatic carbocycles. The lowest BCUT2D eigenvalue weighted by atomic mass is 10.1. The number of aromatic carboxylic acids is 1. The summed E-state index contributed by atoms with van der Waals surface area (Å²) in [4.78, 5) is 10.6. The highest BCUT2D eigenvalue weighted by molar-refractivity contribution is 7.89. The zero-order valence-electron chi connectivity index (χ0n) is 12.0. The van der Waals surface area contributed by atoms with Crippen molar-refractivity contribution in [3.05, 3.63) is 29.3 Å². The summed E-state index contributed by atoms with van der Waals surface area (Å²) in [6, 6.07) is 3.46. The van der Waals surface area contributed by atoms with E-state index >= 15 is 0 Å². The summed E-state index contributed by atoms with van der Waals surface area (Å²) in [7, 11) is -4.18. The van der Waals surface area contributed by atoms with Crippen molar-refractivity contribution in [1.29, 1.82) is 0 Å². The molecule has 0 heterocycles. The number of benzene rings is 1. The lowest BCUT2D eigenvalue weighted by molar-refractivity contribution is -0.135. The van der Waals surface area contributed by atoms with Gasteiger partial charge in [0.15, 0.2) is 0 Å². The first kappa shape index (κ1) is 18.4. The molecule has 1 N–H and O–H groups in total. The largest absolute Gasteiger partial charge is 0.478 e. The lowest BCUT2D eigenvalue weighted by Gasteiger charge is -2.21. The van der Waals surface area contributed by atoms with E-state index in [-0.39, 0.29) is 17.0 Å². The van der Waals surface area contributed by atoms with Crippen LogP contribution in [0.2, 0.25) is 0 Å². The Morgan fingerprint density at radius 1 is 1.27 bits per heavy atom. The van der Waals surface area contributed by atoms with Gasteiger partial charge in [-0.15, -0.1) is 0 Å². The zero-order chi connectivity index (χ0) is 17.1. The summed E-state index contributed by atoms with van der Waals surface area (Å²) < 4.78 is 62.3. The van der Waals surface area contributed by atoms with Gasteiger partial charge in [0.1, 0.15) is 0 Å². The van der Waals surface area contributed by atoms with Crippen molar-refractivity contribution >= 4 is 16.0 Å². The molecule has 22 heavy (non-hydrogen) atoms. The molecule has 0 amide bonds. The molecule has 0 unspecified atom stereocenters. The maximum atomic E-state index is 12.4. The van der Waals surface area contributed by atoms with Crippen LogP contribution in [0.1, 0.15) is 29.3 Å². The number of sulfonamides is 1. The van der Waals surface area contributed by atoms with Crippen molar-refractivity contribution < 1.29 is 31.5 Å². The Hall–Kier alpha value is -1.61. The molecular weight excluding hydrogens is 323 g/mol. The van der Waals surface area contributed by atoms with Crippen LogP contribution >= 0.6 is 0 Å². The summed E-state index contributed by atoms with van der Waals surface area (Å²) >= 11 is 0. The summed E-state index contributed by atoms with van der Waals surface area (Å²) in [5, 5.41) is 8.95. The van der Waals surface area contributed by atoms with Gasteiger partial charge >= 0.3 is 12.1 Å². The molecule has 1 rings (SSSR count). The number of nitrogens with zero attached hydrogens (tertiary/aromatic N) is 1. The number of hydrogen-bond acceptors (Lipinski definition) is 3. The van der Waals surface area contributed by atoms with Crippen LogP contribution in [0.25, 0.3) is 0 Å². The number of halogens is 3. The molecule has 124 valence electrons. The molecule has 0 saturated heterocycles. The van der Waals surface area contributed by atoms with E-state index in [0.717, 1.165) is 6.07 Å². The van der Waals surface area contributed by atoms with Crippen molar-refractivity contribution in [3.8, 4) is 0 Å². The van der Waals surface area contributed by atoms with Crippen molar-refractivity contribution in [2.45, 2.75) is 31.3 Å². The topological polar surface area (TPSA) is 74.7 Å². The molecule has 1 aromatic rings. The Morgan fingerprint density at radius 3 is 2.32 bits per heavy atom. The number of rotatable bonds is 6. The van der Waals surface area contributed by atoms with Crippen LogP contribution in [-0.2, 0) is 10.0 Å². The molecule has 0 radical (unpaired) electrons. The smallest absolute Gasteiger partial charge is 0.390 e. The van der Waals surface area contributed by atoms with Crippen molar-refractivity contribution in [2.24, 2.45) is 0 Å². The first-order chi connectivity index (χ1) is 9.97. The third-order valence-electron chi connectivity index (χ3n) is 2.93. The van der Waals surface area contributed by atoms with Gasteiger partial charge in [-0.25, -0.2) is 13.2 Å². The fourth-order valence-electron chi connectivity index (χ4n) is 1.87. The van der Waals surface area contributed by atoms with E-state index in [1.807, 2.05) is 0 Å². The van der Waals surface area contributed by atoms with Crippen molar-refractivity contribution in [3.63, 3.8) is 0 Å². The number of carbonyl (C=O) groups is 1. The van der Waals surface area contributed by atoms with Gasteiger partial charge in [-0.05, 0) is 30.7 Å². The van der Waals surface area contributed by atoms with Crippen LogP contribution in [0.3, 0.4) is 0 Å². The molecule has 0 atom stereocenters. The second-order valence-electron chi connectivity index (χ2n) is 4.70. The van der Waals surface area contributed by atoms with E-state index in [2.05, 4.69) is 0 Å². The number of carboxylic acids is 1. The summed E-state index contributed by atoms with van der Waals surface area (Å²) in [6.45, 7) is 2.08. The van der Waals surface area contributed by atoms with Gasteiger partial charge in [0.05, 0.1) is 16.9 Å². The first-order valence-corrected chi connectivity index (χ1v) is 7.83. The van der Waals surface area contributed by atoms with Gasteiger partial charge in [0.25, 0.3) is 0 Å². The number of alkyl halides is 3. The highest BCUT2D eigenvalue weighted by atomic mass is 32.2. The lowest BCUT2D eigenvalue weighted by Crippen LogP contribution is -2.34. The number of carboxylic acid groups (broad SMARTS) is 1. The predicted octanol–water partition coefficient (Wildman–Crippen LogP) is 2.66. The average Bonchev–Trinajstić information content (AvgIpc) is 2.36. The Kier molecular flexibility index (Phi) is 5.58. The number of aryl methyl sites for hydroxylation is 1. The molecular formula is C13H16F3NO4S. The first-order valence-electron chi connectivity index (χ1n) is 6.39. The fraction of sp³-hybridized carbons (Fsp3) is 0.462. The Morgan fingerprint density at radius 2 is 1.86 bits per heavy atom. The van der Waals surface area contributed by atoms with Crippen LogP contribution in [0.15, 0.2) is 23.1 Å². The molecule has 0 fully saturated rings. The van der Waals surface area contributed by atoms with Crippen LogP contribution < -0.4 is 0 Å². The predicted molar refractivity (Wildman–Crippen MR) is 73.2 cm³/mol. The Labute approximate surface area is 126 Å². The maximum absolute atomic E-state index is 12.4. The molecule has 0 aliphatic rings. The minimum atomic E-state index is -4.47. The molecule has 5 nitrogen and oxygen atoms in total. The van der Waals surface area contributed by atoms with Gasteiger partial charge in [-0.2, -0.15) is 17.5 Å². The third-order valence-corrected chi connectivity index (χ3v) is 4.89. The maximum Gasteiger partial charge on any atom is 0.390 e. The molecule has 0 aliphatic heterocycles. The Bertz CT molecular complexity index is 656. The van der Waals surface area contributed by atoms with E-state index in [4.69, 9.17) is 5.11 Å². The minimum absolute atomic E-state index is 0.144. The normalized spacial score (nSPS) is 12.6. The molecule has 9 heteroatoms. The van der Waals surface area contributed by atoms with Gasteiger partial charge < -0.3 is 5.11 Å². The SMILES string of the molecule is CCN(CCC(F)(F)F)S(=O)(=O)c1cc(C)cc(C(=O)O)c1. The van der Waals surface area contributed by atoms with Gasteiger partial charge in [-0.3, -0.25) is 0 Å². The second kappa shape index (κ2) is 6.66. The summed E-state index contributed by atoms with van der Waals surface area (Å²) in [5.74, 6) is -1.31. The van der Waals surface area contributed by atoms with Gasteiger partial charge in [-0.1, -0.05) is 6.92 Å². The van der Waals surface area contributed by atoms with E-state index in [1.54, 1.807) is 0 Å². The third kappa shape index (κ3) is 4.70. The van der Waals surface area contributed by atoms with Gasteiger partial charge in [0, 0.05) is 13.1 Å². The zero-order valence-corrected chi connectivity index (χ0v) is 12.8. The van der Waals surface area contributed by atoms with Crippen LogP contribution in [0.4, 0.5) is 13.2 Å². The molecule has 0 saturated carbocycles. The van der Waals surface area contributed by atoms with E-state index < -0.39 is 35.1 Å².